The molecule has 1 aliphatic rings. The smallest absolute Gasteiger partial charge is 0.241 e. The predicted octanol–water partition coefficient (Wildman–Crippen LogP) is 9.09. The Balaban J connectivity index is 1.69. The van der Waals surface area contributed by atoms with Gasteiger partial charge in [0.05, 0.1) is 30.2 Å². The minimum atomic E-state index is -3.94. The molecule has 0 aliphatic heterocycles. The number of rotatable bonds is 15. The van der Waals surface area contributed by atoms with Crippen molar-refractivity contribution in [3.8, 4) is 0 Å². The van der Waals surface area contributed by atoms with Crippen molar-refractivity contribution in [2.75, 3.05) is 19.8 Å². The largest absolute Gasteiger partial charge is 0.376 e. The summed E-state index contributed by atoms with van der Waals surface area (Å²) in [6.07, 6.45) is 6.47. The SMILES string of the molecule is CC1=CCC(COCCNC(c2ccccc2)[C@@H](NS(=O)(=O)c2c(C(C)C)cc(C(C)C)cc2C(C)C)c2ccccc2)=CC1. The van der Waals surface area contributed by atoms with Crippen LogP contribution in [0, 0.1) is 0 Å². The van der Waals surface area contributed by atoms with Crippen molar-refractivity contribution < 1.29 is 13.2 Å². The summed E-state index contributed by atoms with van der Waals surface area (Å²) in [5.74, 6) is 0.384. The zero-order valence-electron chi connectivity index (χ0n) is 28.1. The molecule has 3 aromatic carbocycles. The molecular weight excluding hydrogens is 577 g/mol. The molecule has 45 heavy (non-hydrogen) atoms. The van der Waals surface area contributed by atoms with Crippen LogP contribution in [0.3, 0.4) is 0 Å². The van der Waals surface area contributed by atoms with E-state index in [-0.39, 0.29) is 17.9 Å². The average molecular weight is 629 g/mol. The molecule has 1 unspecified atom stereocenters. The van der Waals surface area contributed by atoms with E-state index >= 15 is 0 Å². The van der Waals surface area contributed by atoms with Crippen LogP contribution < -0.4 is 10.0 Å². The monoisotopic (exact) mass is 628 g/mol. The second-order valence-corrected chi connectivity index (χ2v) is 14.9. The fourth-order valence-corrected chi connectivity index (χ4v) is 7.82. The van der Waals surface area contributed by atoms with Gasteiger partial charge in [0, 0.05) is 6.54 Å². The lowest BCUT2D eigenvalue weighted by atomic mass is 9.89. The zero-order chi connectivity index (χ0) is 32.6. The lowest BCUT2D eigenvalue weighted by molar-refractivity contribution is 0.152. The van der Waals surface area contributed by atoms with Crippen molar-refractivity contribution in [2.45, 2.75) is 96.0 Å². The molecule has 242 valence electrons. The Kier molecular flexibility index (Phi) is 12.4. The molecule has 0 aromatic heterocycles. The molecule has 0 fully saturated rings. The van der Waals surface area contributed by atoms with Gasteiger partial charge in [-0.15, -0.1) is 0 Å². The average Bonchev–Trinajstić information content (AvgIpc) is 3.02. The van der Waals surface area contributed by atoms with Gasteiger partial charge in [0.25, 0.3) is 0 Å². The third-order valence-corrected chi connectivity index (χ3v) is 10.2. The molecule has 6 heteroatoms. The molecule has 0 spiro atoms. The first-order valence-corrected chi connectivity index (χ1v) is 17.9. The molecule has 0 saturated heterocycles. The highest BCUT2D eigenvalue weighted by atomic mass is 32.2. The highest BCUT2D eigenvalue weighted by Crippen LogP contribution is 2.37. The standard InChI is InChI=1S/C39H52N2O3S/c1-27(2)34-24-35(28(3)4)39(36(25-34)29(5)6)45(42,43)41-38(33-16-12-9-13-17-33)37(32-14-10-8-11-15-32)40-22-23-44-26-31-20-18-30(7)19-21-31/h8-18,21,24-25,27-29,37-38,40-41H,19-20,22-23,26H2,1-7H3/t37?,38-/m0/s1. The van der Waals surface area contributed by atoms with E-state index in [9.17, 15) is 8.42 Å². The quantitative estimate of drug-likeness (QED) is 0.130. The van der Waals surface area contributed by atoms with Crippen molar-refractivity contribution in [3.63, 3.8) is 0 Å². The molecule has 0 amide bonds. The van der Waals surface area contributed by atoms with E-state index in [1.165, 1.54) is 16.7 Å². The second-order valence-electron chi connectivity index (χ2n) is 13.2. The van der Waals surface area contributed by atoms with E-state index < -0.39 is 16.1 Å². The van der Waals surface area contributed by atoms with E-state index in [2.05, 4.69) is 94.9 Å². The Morgan fingerprint density at radius 1 is 0.711 bits per heavy atom. The van der Waals surface area contributed by atoms with Gasteiger partial charge in [0.2, 0.25) is 10.0 Å². The van der Waals surface area contributed by atoms with Crippen LogP contribution in [0.2, 0.25) is 0 Å². The Hall–Kier alpha value is -3.03. The molecule has 4 rings (SSSR count). The summed E-state index contributed by atoms with van der Waals surface area (Å²) >= 11 is 0. The first-order chi connectivity index (χ1) is 21.5. The normalized spacial score (nSPS) is 15.3. The van der Waals surface area contributed by atoms with Crippen LogP contribution in [0.25, 0.3) is 0 Å². The number of hydrogen-bond acceptors (Lipinski definition) is 4. The highest BCUT2D eigenvalue weighted by Gasteiger charge is 2.33. The van der Waals surface area contributed by atoms with Crippen LogP contribution in [0.15, 0.2) is 101 Å². The van der Waals surface area contributed by atoms with E-state index in [1.807, 2.05) is 48.5 Å². The fourth-order valence-electron chi connectivity index (χ4n) is 5.89. The molecule has 0 saturated carbocycles. The number of ether oxygens (including phenoxy) is 1. The molecule has 3 aromatic rings. The number of hydrogen-bond donors (Lipinski definition) is 2. The third-order valence-electron chi connectivity index (χ3n) is 8.60. The lowest BCUT2D eigenvalue weighted by Gasteiger charge is -2.31. The van der Waals surface area contributed by atoms with E-state index in [0.717, 1.165) is 35.1 Å². The van der Waals surface area contributed by atoms with E-state index in [0.29, 0.717) is 30.6 Å². The minimum Gasteiger partial charge on any atom is -0.376 e. The number of allylic oxidation sites excluding steroid dienone is 3. The van der Waals surface area contributed by atoms with Crippen LogP contribution in [-0.4, -0.2) is 28.2 Å². The maximum Gasteiger partial charge on any atom is 0.241 e. The first-order valence-electron chi connectivity index (χ1n) is 16.4. The summed E-state index contributed by atoms with van der Waals surface area (Å²) in [5, 5.41) is 3.67. The summed E-state index contributed by atoms with van der Waals surface area (Å²) in [5.41, 5.74) is 7.51. The summed E-state index contributed by atoms with van der Waals surface area (Å²) < 4.78 is 38.6. The van der Waals surface area contributed by atoms with Gasteiger partial charge in [-0.25, -0.2) is 13.1 Å². The number of sulfonamides is 1. The molecule has 5 nitrogen and oxygen atoms in total. The van der Waals surface area contributed by atoms with Crippen molar-refractivity contribution in [1.29, 1.82) is 0 Å². The Bertz CT molecular complexity index is 1530. The first kappa shape index (κ1) is 34.8. The molecule has 1 aliphatic carbocycles. The van der Waals surface area contributed by atoms with Gasteiger partial charge in [-0.1, -0.05) is 132 Å². The maximum absolute atomic E-state index is 14.7. The Morgan fingerprint density at radius 2 is 1.27 bits per heavy atom. The topological polar surface area (TPSA) is 67.4 Å². The highest BCUT2D eigenvalue weighted by molar-refractivity contribution is 7.89. The maximum atomic E-state index is 14.7. The Labute approximate surface area is 272 Å². The number of nitrogens with one attached hydrogen (secondary N) is 2. The van der Waals surface area contributed by atoms with E-state index in [4.69, 9.17) is 4.74 Å². The van der Waals surface area contributed by atoms with Gasteiger partial charge in [0.15, 0.2) is 0 Å². The molecule has 2 N–H and O–H groups in total. The zero-order valence-corrected chi connectivity index (χ0v) is 29.0. The molecule has 0 heterocycles. The molecule has 0 radical (unpaired) electrons. The van der Waals surface area contributed by atoms with Gasteiger partial charge >= 0.3 is 0 Å². The summed E-state index contributed by atoms with van der Waals surface area (Å²) in [7, 11) is -3.94. The van der Waals surface area contributed by atoms with E-state index in [1.54, 1.807) is 0 Å². The van der Waals surface area contributed by atoms with Gasteiger partial charge in [0.1, 0.15) is 0 Å². The molecule has 0 bridgehead atoms. The summed E-state index contributed by atoms with van der Waals surface area (Å²) in [4.78, 5) is 0.415. The molecular formula is C39H52N2O3S. The third kappa shape index (κ3) is 9.26. The van der Waals surface area contributed by atoms with Crippen molar-refractivity contribution in [2.24, 2.45) is 0 Å². The van der Waals surface area contributed by atoms with Crippen molar-refractivity contribution in [3.05, 3.63) is 124 Å². The van der Waals surface area contributed by atoms with Gasteiger partial charge in [-0.05, 0) is 70.9 Å². The van der Waals surface area contributed by atoms with Gasteiger partial charge in [-0.2, -0.15) is 0 Å². The van der Waals surface area contributed by atoms with Crippen LogP contribution in [0.5, 0.6) is 0 Å². The second kappa shape index (κ2) is 16.0. The van der Waals surface area contributed by atoms with Crippen LogP contribution in [-0.2, 0) is 14.8 Å². The summed E-state index contributed by atoms with van der Waals surface area (Å²) in [6.45, 7) is 16.5. The lowest BCUT2D eigenvalue weighted by Crippen LogP contribution is -2.40. The van der Waals surface area contributed by atoms with Gasteiger partial charge < -0.3 is 10.1 Å². The van der Waals surface area contributed by atoms with Crippen LogP contribution in [0.1, 0.15) is 119 Å². The van der Waals surface area contributed by atoms with Gasteiger partial charge in [-0.3, -0.25) is 0 Å². The summed E-state index contributed by atoms with van der Waals surface area (Å²) in [6, 6.07) is 23.3. The van der Waals surface area contributed by atoms with Crippen molar-refractivity contribution >= 4 is 10.0 Å². The van der Waals surface area contributed by atoms with Crippen LogP contribution >= 0.6 is 0 Å². The fraction of sp³-hybridized carbons (Fsp3) is 0.436. The van der Waals surface area contributed by atoms with Crippen molar-refractivity contribution in [1.82, 2.24) is 10.0 Å². The predicted molar refractivity (Wildman–Crippen MR) is 187 cm³/mol. The molecule has 2 atom stereocenters. The Morgan fingerprint density at radius 3 is 1.76 bits per heavy atom. The number of benzene rings is 3. The minimum absolute atomic E-state index is 0.0434. The van der Waals surface area contributed by atoms with Crippen LogP contribution in [0.4, 0.5) is 0 Å².